The minimum atomic E-state index is -0.0375. The highest BCUT2D eigenvalue weighted by Crippen LogP contribution is 2.31. The zero-order chi connectivity index (χ0) is 13.8. The third-order valence-electron chi connectivity index (χ3n) is 3.54. The van der Waals surface area contributed by atoms with Crippen LogP contribution in [0.25, 0.3) is 0 Å². The Morgan fingerprint density at radius 2 is 2.16 bits per heavy atom. The van der Waals surface area contributed by atoms with E-state index < -0.39 is 0 Å². The Balaban J connectivity index is 2.27. The lowest BCUT2D eigenvalue weighted by atomic mass is 10.1. The minimum Gasteiger partial charge on any atom is -0.493 e. The van der Waals surface area contributed by atoms with Crippen molar-refractivity contribution in [3.63, 3.8) is 0 Å². The molecule has 1 aromatic carbocycles. The van der Waals surface area contributed by atoms with Crippen LogP contribution in [-0.4, -0.2) is 51.2 Å². The fourth-order valence-electron chi connectivity index (χ4n) is 2.38. The Morgan fingerprint density at radius 3 is 2.74 bits per heavy atom. The van der Waals surface area contributed by atoms with Crippen molar-refractivity contribution < 1.29 is 14.3 Å². The molecule has 0 aliphatic carbocycles. The van der Waals surface area contributed by atoms with Crippen LogP contribution in [0.15, 0.2) is 18.2 Å². The summed E-state index contributed by atoms with van der Waals surface area (Å²) >= 11 is 0. The summed E-state index contributed by atoms with van der Waals surface area (Å²) in [6, 6.07) is 5.59. The summed E-state index contributed by atoms with van der Waals surface area (Å²) in [4.78, 5) is 14.3. The van der Waals surface area contributed by atoms with Crippen molar-refractivity contribution in [3.8, 4) is 11.5 Å². The Morgan fingerprint density at radius 1 is 1.37 bits per heavy atom. The molecule has 1 heterocycles. The summed E-state index contributed by atoms with van der Waals surface area (Å²) < 4.78 is 10.5. The molecule has 5 heteroatoms. The smallest absolute Gasteiger partial charge is 0.257 e. The van der Waals surface area contributed by atoms with E-state index in [2.05, 4.69) is 5.32 Å². The van der Waals surface area contributed by atoms with Gasteiger partial charge in [-0.25, -0.2) is 0 Å². The molecule has 19 heavy (non-hydrogen) atoms. The molecule has 2 rings (SSSR count). The lowest BCUT2D eigenvalue weighted by molar-refractivity contribution is 0.0739. The molecule has 0 spiro atoms. The lowest BCUT2D eigenvalue weighted by Crippen LogP contribution is -2.38. The van der Waals surface area contributed by atoms with Crippen molar-refractivity contribution >= 4 is 5.91 Å². The van der Waals surface area contributed by atoms with E-state index in [1.54, 1.807) is 37.3 Å². The predicted molar refractivity (Wildman–Crippen MR) is 72.9 cm³/mol. The van der Waals surface area contributed by atoms with E-state index in [9.17, 15) is 4.79 Å². The number of methoxy groups -OCH3 is 2. The van der Waals surface area contributed by atoms with Crippen LogP contribution in [0.3, 0.4) is 0 Å². The van der Waals surface area contributed by atoms with E-state index in [1.165, 1.54) is 0 Å². The fourth-order valence-corrected chi connectivity index (χ4v) is 2.38. The number of carbonyl (C=O) groups is 1. The molecular formula is C14H20N2O3. The summed E-state index contributed by atoms with van der Waals surface area (Å²) in [7, 11) is 4.95. The molecule has 1 amide bonds. The van der Waals surface area contributed by atoms with Gasteiger partial charge < -0.3 is 19.7 Å². The van der Waals surface area contributed by atoms with E-state index in [0.29, 0.717) is 17.1 Å². The quantitative estimate of drug-likeness (QED) is 0.886. The van der Waals surface area contributed by atoms with E-state index >= 15 is 0 Å². The standard InChI is InChI=1S/C14H20N2O3/c1-16(10-7-8-15-9-10)14(17)11-5-4-6-12(18-2)13(11)19-3/h4-6,10,15H,7-9H2,1-3H3. The first-order valence-corrected chi connectivity index (χ1v) is 6.38. The van der Waals surface area contributed by atoms with Gasteiger partial charge in [-0.2, -0.15) is 0 Å². The molecular weight excluding hydrogens is 244 g/mol. The second-order valence-corrected chi connectivity index (χ2v) is 4.60. The summed E-state index contributed by atoms with van der Waals surface area (Å²) in [5.74, 6) is 1.03. The van der Waals surface area contributed by atoms with Crippen LogP contribution in [0, 0.1) is 0 Å². The van der Waals surface area contributed by atoms with Gasteiger partial charge in [-0.3, -0.25) is 4.79 Å². The summed E-state index contributed by atoms with van der Waals surface area (Å²) in [6.07, 6.45) is 0.981. The molecule has 1 aromatic rings. The van der Waals surface area contributed by atoms with Gasteiger partial charge in [0.25, 0.3) is 5.91 Å². The molecule has 1 aliphatic rings. The fraction of sp³-hybridized carbons (Fsp3) is 0.500. The second kappa shape index (κ2) is 5.93. The number of nitrogens with zero attached hydrogens (tertiary/aromatic N) is 1. The highest BCUT2D eigenvalue weighted by molar-refractivity contribution is 5.97. The monoisotopic (exact) mass is 264 g/mol. The van der Waals surface area contributed by atoms with Gasteiger partial charge in [-0.15, -0.1) is 0 Å². The third kappa shape index (κ3) is 2.66. The van der Waals surface area contributed by atoms with Crippen LogP contribution < -0.4 is 14.8 Å². The molecule has 1 fully saturated rings. The van der Waals surface area contributed by atoms with Gasteiger partial charge in [0.15, 0.2) is 11.5 Å². The average Bonchev–Trinajstić information content (AvgIpc) is 2.98. The highest BCUT2D eigenvalue weighted by Gasteiger charge is 2.26. The maximum Gasteiger partial charge on any atom is 0.257 e. The van der Waals surface area contributed by atoms with Gasteiger partial charge in [0.1, 0.15) is 0 Å². The third-order valence-corrected chi connectivity index (χ3v) is 3.54. The number of para-hydroxylation sites is 1. The van der Waals surface area contributed by atoms with Crippen LogP contribution in [0.2, 0.25) is 0 Å². The lowest BCUT2D eigenvalue weighted by Gasteiger charge is -2.25. The van der Waals surface area contributed by atoms with Gasteiger partial charge in [0.2, 0.25) is 0 Å². The first kappa shape index (κ1) is 13.7. The molecule has 1 atom stereocenters. The van der Waals surface area contributed by atoms with E-state index in [1.807, 2.05) is 7.05 Å². The molecule has 104 valence electrons. The van der Waals surface area contributed by atoms with Crippen molar-refractivity contribution in [2.75, 3.05) is 34.4 Å². The molecule has 5 nitrogen and oxygen atoms in total. The molecule has 0 aromatic heterocycles. The van der Waals surface area contributed by atoms with Crippen LogP contribution in [0.5, 0.6) is 11.5 Å². The maximum atomic E-state index is 12.5. The minimum absolute atomic E-state index is 0.0375. The Kier molecular flexibility index (Phi) is 4.27. The zero-order valence-corrected chi connectivity index (χ0v) is 11.6. The van der Waals surface area contributed by atoms with Crippen molar-refractivity contribution in [1.29, 1.82) is 0 Å². The van der Waals surface area contributed by atoms with Gasteiger partial charge in [-0.1, -0.05) is 6.07 Å². The molecule has 0 bridgehead atoms. The van der Waals surface area contributed by atoms with Crippen molar-refractivity contribution in [3.05, 3.63) is 23.8 Å². The SMILES string of the molecule is COc1cccc(C(=O)N(C)C2CCNC2)c1OC. The molecule has 1 aliphatic heterocycles. The Labute approximate surface area is 113 Å². The largest absolute Gasteiger partial charge is 0.493 e. The normalized spacial score (nSPS) is 18.2. The number of rotatable bonds is 4. The van der Waals surface area contributed by atoms with Gasteiger partial charge in [0, 0.05) is 19.6 Å². The summed E-state index contributed by atoms with van der Waals surface area (Å²) in [5, 5.41) is 3.26. The molecule has 0 radical (unpaired) electrons. The predicted octanol–water partition coefficient (Wildman–Crippen LogP) is 1.14. The molecule has 1 unspecified atom stereocenters. The maximum absolute atomic E-state index is 12.5. The first-order chi connectivity index (χ1) is 9.19. The number of hydrogen-bond acceptors (Lipinski definition) is 4. The number of hydrogen-bond donors (Lipinski definition) is 1. The topological polar surface area (TPSA) is 50.8 Å². The van der Waals surface area contributed by atoms with E-state index in [4.69, 9.17) is 9.47 Å². The van der Waals surface area contributed by atoms with E-state index in [-0.39, 0.29) is 11.9 Å². The molecule has 0 saturated carbocycles. The average molecular weight is 264 g/mol. The van der Waals surface area contributed by atoms with Gasteiger partial charge >= 0.3 is 0 Å². The number of carbonyl (C=O) groups excluding carboxylic acids is 1. The number of benzene rings is 1. The van der Waals surface area contributed by atoms with Gasteiger partial charge in [-0.05, 0) is 25.1 Å². The van der Waals surface area contributed by atoms with Crippen molar-refractivity contribution in [2.24, 2.45) is 0 Å². The Bertz CT molecular complexity index is 456. The highest BCUT2D eigenvalue weighted by atomic mass is 16.5. The number of amides is 1. The van der Waals surface area contributed by atoms with Crippen LogP contribution in [0.4, 0.5) is 0 Å². The summed E-state index contributed by atoms with van der Waals surface area (Å²) in [6.45, 7) is 1.80. The van der Waals surface area contributed by atoms with Crippen LogP contribution in [0.1, 0.15) is 16.8 Å². The van der Waals surface area contributed by atoms with Crippen LogP contribution in [-0.2, 0) is 0 Å². The first-order valence-electron chi connectivity index (χ1n) is 6.38. The molecule has 1 saturated heterocycles. The van der Waals surface area contributed by atoms with Crippen LogP contribution >= 0.6 is 0 Å². The number of likely N-dealkylation sites (N-methyl/N-ethyl adjacent to an activating group) is 1. The summed E-state index contributed by atoms with van der Waals surface area (Å²) in [5.41, 5.74) is 0.538. The molecule has 1 N–H and O–H groups in total. The number of ether oxygens (including phenoxy) is 2. The van der Waals surface area contributed by atoms with Gasteiger partial charge in [0.05, 0.1) is 19.8 Å². The zero-order valence-electron chi connectivity index (χ0n) is 11.6. The van der Waals surface area contributed by atoms with E-state index in [0.717, 1.165) is 19.5 Å². The second-order valence-electron chi connectivity index (χ2n) is 4.60. The Hall–Kier alpha value is -1.75. The van der Waals surface area contributed by atoms with Crippen molar-refractivity contribution in [1.82, 2.24) is 10.2 Å². The number of nitrogens with one attached hydrogen (secondary N) is 1. The van der Waals surface area contributed by atoms with Crippen molar-refractivity contribution in [2.45, 2.75) is 12.5 Å².